The smallest absolute Gasteiger partial charge is 0.408 e. The molecule has 0 aliphatic heterocycles. The lowest BCUT2D eigenvalue weighted by atomic mass is 10.0. The lowest BCUT2D eigenvalue weighted by molar-refractivity contribution is -0.121. The first-order valence-electron chi connectivity index (χ1n) is 6.14. The molecule has 0 radical (unpaired) electrons. The number of alkyl carbamates (subject to hydrolysis) is 1. The van der Waals surface area contributed by atoms with Crippen LogP contribution in [-0.2, 0) is 20.5 Å². The molecule has 2 atom stereocenters. The molecule has 0 spiro atoms. The van der Waals surface area contributed by atoms with Crippen LogP contribution in [0, 0.1) is 5.92 Å². The van der Waals surface area contributed by atoms with Crippen molar-refractivity contribution in [1.82, 2.24) is 10.0 Å². The zero-order valence-corrected chi connectivity index (χ0v) is 13.2. The third-order valence-corrected chi connectivity index (χ3v) is 2.45. The summed E-state index contributed by atoms with van der Waals surface area (Å²) in [5.74, 6) is -0.267. The normalized spacial score (nSPS) is 14.7. The Hall–Kier alpha value is -1.11. The van der Waals surface area contributed by atoms with E-state index in [1.807, 2.05) is 13.8 Å². The van der Waals surface area contributed by atoms with Gasteiger partial charge in [0.25, 0.3) is 5.91 Å². The van der Waals surface area contributed by atoms with Crippen LogP contribution in [0.3, 0.4) is 0 Å². The van der Waals surface area contributed by atoms with Crippen LogP contribution in [0.4, 0.5) is 4.79 Å². The Balaban J connectivity index is 4.63. The van der Waals surface area contributed by atoms with Crippen molar-refractivity contribution in [3.05, 3.63) is 0 Å². The molecule has 0 saturated heterocycles. The molecule has 2 unspecified atom stereocenters. The van der Waals surface area contributed by atoms with Gasteiger partial charge in [0.15, 0.2) is 0 Å². The van der Waals surface area contributed by atoms with E-state index >= 15 is 0 Å². The minimum Gasteiger partial charge on any atom is -0.444 e. The van der Waals surface area contributed by atoms with E-state index < -0.39 is 34.6 Å². The van der Waals surface area contributed by atoms with E-state index in [9.17, 15) is 13.8 Å². The number of amides is 2. The minimum absolute atomic E-state index is 0.205. The molecule has 0 aliphatic carbocycles. The Morgan fingerprint density at radius 2 is 1.79 bits per heavy atom. The Kier molecular flexibility index (Phi) is 7.04. The summed E-state index contributed by atoms with van der Waals surface area (Å²) < 4.78 is 18.4. The molecule has 112 valence electrons. The van der Waals surface area contributed by atoms with E-state index in [1.165, 1.54) is 6.26 Å². The summed E-state index contributed by atoms with van der Waals surface area (Å²) in [5, 5.41) is 2.50. The molecule has 0 aromatic carbocycles. The molecular formula is C12H24N2O4S. The fraction of sp³-hybridized carbons (Fsp3) is 0.833. The second-order valence-electron chi connectivity index (χ2n) is 5.75. The van der Waals surface area contributed by atoms with Gasteiger partial charge in [-0.25, -0.2) is 9.00 Å². The molecular weight excluding hydrogens is 268 g/mol. The van der Waals surface area contributed by atoms with Crippen LogP contribution in [0.1, 0.15) is 41.0 Å². The van der Waals surface area contributed by atoms with Crippen molar-refractivity contribution in [3.8, 4) is 0 Å². The zero-order valence-electron chi connectivity index (χ0n) is 12.4. The summed E-state index contributed by atoms with van der Waals surface area (Å²) in [6.45, 7) is 9.08. The highest BCUT2D eigenvalue weighted by atomic mass is 32.2. The second kappa shape index (κ2) is 7.47. The van der Waals surface area contributed by atoms with Crippen LogP contribution in [0.25, 0.3) is 0 Å². The van der Waals surface area contributed by atoms with E-state index in [1.54, 1.807) is 20.8 Å². The summed E-state index contributed by atoms with van der Waals surface area (Å²) in [6, 6.07) is -0.751. The molecule has 0 saturated carbocycles. The number of hydrogen-bond acceptors (Lipinski definition) is 4. The second-order valence-corrected chi connectivity index (χ2v) is 6.86. The molecule has 0 aromatic rings. The number of rotatable bonds is 5. The Bertz CT molecular complexity index is 350. The summed E-state index contributed by atoms with van der Waals surface area (Å²) in [7, 11) is -1.46. The fourth-order valence-corrected chi connectivity index (χ4v) is 1.79. The first-order chi connectivity index (χ1) is 8.51. The van der Waals surface area contributed by atoms with Crippen LogP contribution >= 0.6 is 0 Å². The van der Waals surface area contributed by atoms with E-state index in [-0.39, 0.29) is 5.92 Å². The first kappa shape index (κ1) is 17.9. The van der Waals surface area contributed by atoms with Gasteiger partial charge in [-0.2, -0.15) is 0 Å². The van der Waals surface area contributed by atoms with Crippen molar-refractivity contribution in [2.45, 2.75) is 52.7 Å². The number of carbonyl (C=O) groups excluding carboxylic acids is 2. The van der Waals surface area contributed by atoms with E-state index in [2.05, 4.69) is 10.0 Å². The van der Waals surface area contributed by atoms with Gasteiger partial charge in [0.2, 0.25) is 0 Å². The Morgan fingerprint density at radius 3 is 2.16 bits per heavy atom. The molecule has 0 aliphatic rings. The van der Waals surface area contributed by atoms with Crippen molar-refractivity contribution < 1.29 is 18.5 Å². The molecule has 19 heavy (non-hydrogen) atoms. The lowest BCUT2D eigenvalue weighted by Gasteiger charge is -2.23. The van der Waals surface area contributed by atoms with Crippen LogP contribution in [-0.4, -0.2) is 34.1 Å². The lowest BCUT2D eigenvalue weighted by Crippen LogP contribution is -2.49. The maximum Gasteiger partial charge on any atom is 0.408 e. The third-order valence-electron chi connectivity index (χ3n) is 1.96. The number of carbonyl (C=O) groups is 2. The van der Waals surface area contributed by atoms with E-state index in [4.69, 9.17) is 4.74 Å². The van der Waals surface area contributed by atoms with Gasteiger partial charge in [-0.1, -0.05) is 13.8 Å². The van der Waals surface area contributed by atoms with Crippen molar-refractivity contribution in [3.63, 3.8) is 0 Å². The van der Waals surface area contributed by atoms with Crippen molar-refractivity contribution in [2.75, 3.05) is 6.26 Å². The molecule has 0 bridgehead atoms. The molecule has 0 fully saturated rings. The summed E-state index contributed by atoms with van der Waals surface area (Å²) >= 11 is 0. The van der Waals surface area contributed by atoms with Crippen molar-refractivity contribution in [2.24, 2.45) is 5.92 Å². The topological polar surface area (TPSA) is 84.5 Å². The van der Waals surface area contributed by atoms with Crippen LogP contribution in [0.5, 0.6) is 0 Å². The van der Waals surface area contributed by atoms with Gasteiger partial charge < -0.3 is 10.1 Å². The SMILES string of the molecule is CC(C)CC(NC(=O)OC(C)(C)C)C(=O)NS(C)=O. The highest BCUT2D eigenvalue weighted by Crippen LogP contribution is 2.09. The quantitative estimate of drug-likeness (QED) is 0.800. The maximum atomic E-state index is 11.8. The van der Waals surface area contributed by atoms with Gasteiger partial charge in [0, 0.05) is 6.26 Å². The van der Waals surface area contributed by atoms with Gasteiger partial charge in [0.05, 0.1) is 0 Å². The first-order valence-corrected chi connectivity index (χ1v) is 7.70. The number of hydrogen-bond donors (Lipinski definition) is 2. The average Bonchev–Trinajstić information content (AvgIpc) is 2.11. The standard InChI is InChI=1S/C12H24N2O4S/c1-8(2)7-9(10(15)14-19(6)17)13-11(16)18-12(3,4)5/h8-9H,7H2,1-6H3,(H,13,16)(H,14,15). The maximum absolute atomic E-state index is 11.8. The highest BCUT2D eigenvalue weighted by Gasteiger charge is 2.25. The Labute approximate surface area is 117 Å². The molecule has 2 N–H and O–H groups in total. The molecule has 0 aromatic heterocycles. The van der Waals surface area contributed by atoms with E-state index in [0.717, 1.165) is 0 Å². The third kappa shape index (κ3) is 9.47. The summed E-state index contributed by atoms with van der Waals surface area (Å²) in [6.07, 6.45) is 1.15. The minimum atomic E-state index is -1.46. The average molecular weight is 292 g/mol. The number of ether oxygens (including phenoxy) is 1. The van der Waals surface area contributed by atoms with Gasteiger partial charge in [-0.3, -0.25) is 9.52 Å². The van der Waals surface area contributed by atoms with Crippen LogP contribution < -0.4 is 10.0 Å². The zero-order chi connectivity index (χ0) is 15.2. The van der Waals surface area contributed by atoms with Crippen molar-refractivity contribution in [1.29, 1.82) is 0 Å². The van der Waals surface area contributed by atoms with Crippen molar-refractivity contribution >= 4 is 23.0 Å². The molecule has 7 heteroatoms. The summed E-state index contributed by atoms with van der Waals surface area (Å²) in [4.78, 5) is 23.5. The molecule has 0 rings (SSSR count). The molecule has 6 nitrogen and oxygen atoms in total. The number of nitrogens with one attached hydrogen (secondary N) is 2. The predicted molar refractivity (Wildman–Crippen MR) is 74.8 cm³/mol. The fourth-order valence-electron chi connectivity index (χ4n) is 1.37. The van der Waals surface area contributed by atoms with E-state index in [0.29, 0.717) is 6.42 Å². The molecule has 0 heterocycles. The van der Waals surface area contributed by atoms with Crippen LogP contribution in [0.15, 0.2) is 0 Å². The van der Waals surface area contributed by atoms with Gasteiger partial charge in [0.1, 0.15) is 22.6 Å². The monoisotopic (exact) mass is 292 g/mol. The van der Waals surface area contributed by atoms with Gasteiger partial charge in [-0.15, -0.1) is 0 Å². The predicted octanol–water partition coefficient (Wildman–Crippen LogP) is 1.34. The molecule has 2 amide bonds. The highest BCUT2D eigenvalue weighted by molar-refractivity contribution is 7.82. The van der Waals surface area contributed by atoms with Gasteiger partial charge in [-0.05, 0) is 33.1 Å². The Morgan fingerprint density at radius 1 is 1.26 bits per heavy atom. The summed E-state index contributed by atoms with van der Waals surface area (Å²) in [5.41, 5.74) is -0.628. The largest absolute Gasteiger partial charge is 0.444 e. The van der Waals surface area contributed by atoms with Crippen LogP contribution in [0.2, 0.25) is 0 Å². The van der Waals surface area contributed by atoms with Gasteiger partial charge >= 0.3 is 6.09 Å².